The summed E-state index contributed by atoms with van der Waals surface area (Å²) in [6, 6.07) is 9.04. The number of nitrogens with zero attached hydrogens (tertiary/aromatic N) is 1. The summed E-state index contributed by atoms with van der Waals surface area (Å²) in [5, 5.41) is -0.561. The minimum Gasteiger partial charge on any atom is -0.465 e. The number of imide groups is 1. The van der Waals surface area contributed by atoms with E-state index in [9.17, 15) is 19.2 Å². The van der Waals surface area contributed by atoms with E-state index in [4.69, 9.17) is 13.9 Å². The van der Waals surface area contributed by atoms with Gasteiger partial charge in [0, 0.05) is 11.6 Å². The number of rotatable bonds is 6. The molecule has 1 aliphatic rings. The molecule has 1 fully saturated rings. The number of methoxy groups -OCH3 is 1. The number of esters is 2. The number of benzene rings is 1. The fraction of sp³-hybridized carbons (Fsp3) is 0.238. The number of carbonyl (C=O) groups excluding carboxylic acids is 4. The van der Waals surface area contributed by atoms with Gasteiger partial charge in [-0.3, -0.25) is 14.5 Å². The molecule has 2 amide bonds. The molecule has 156 valence electrons. The summed E-state index contributed by atoms with van der Waals surface area (Å²) >= 11 is 0.714. The molecule has 0 unspecified atom stereocenters. The van der Waals surface area contributed by atoms with E-state index in [1.807, 2.05) is 0 Å². The molecule has 30 heavy (non-hydrogen) atoms. The zero-order valence-electron chi connectivity index (χ0n) is 16.5. The average molecular weight is 429 g/mol. The van der Waals surface area contributed by atoms with Gasteiger partial charge in [0.1, 0.15) is 17.6 Å². The van der Waals surface area contributed by atoms with Crippen LogP contribution >= 0.6 is 11.8 Å². The molecular weight excluding hydrogens is 410 g/mol. The highest BCUT2D eigenvalue weighted by molar-refractivity contribution is 8.18. The van der Waals surface area contributed by atoms with E-state index in [0.717, 1.165) is 4.90 Å². The Morgan fingerprint density at radius 2 is 1.93 bits per heavy atom. The molecule has 0 saturated carbocycles. The van der Waals surface area contributed by atoms with Crippen molar-refractivity contribution in [3.63, 3.8) is 0 Å². The van der Waals surface area contributed by atoms with Gasteiger partial charge in [0.2, 0.25) is 0 Å². The highest BCUT2D eigenvalue weighted by atomic mass is 32.2. The molecular formula is C21H19NO7S. The smallest absolute Gasteiger partial charge is 0.338 e. The molecule has 0 N–H and O–H groups in total. The zero-order chi connectivity index (χ0) is 21.8. The quantitative estimate of drug-likeness (QED) is 0.506. The maximum atomic E-state index is 12.6. The third kappa shape index (κ3) is 4.16. The molecule has 1 aliphatic heterocycles. The average Bonchev–Trinajstić information content (AvgIpc) is 3.31. The molecule has 1 aromatic heterocycles. The van der Waals surface area contributed by atoms with Crippen LogP contribution in [0.15, 0.2) is 45.7 Å². The van der Waals surface area contributed by atoms with Crippen LogP contribution in [0.4, 0.5) is 4.79 Å². The summed E-state index contributed by atoms with van der Waals surface area (Å²) in [5.41, 5.74) is 0.873. The molecule has 0 aliphatic carbocycles. The predicted molar refractivity (Wildman–Crippen MR) is 109 cm³/mol. The van der Waals surface area contributed by atoms with Gasteiger partial charge < -0.3 is 13.9 Å². The lowest BCUT2D eigenvalue weighted by molar-refractivity contribution is -0.150. The summed E-state index contributed by atoms with van der Waals surface area (Å²) in [4.78, 5) is 49.8. The topological polar surface area (TPSA) is 103 Å². The molecule has 1 aromatic carbocycles. The van der Waals surface area contributed by atoms with Gasteiger partial charge >= 0.3 is 11.9 Å². The zero-order valence-corrected chi connectivity index (χ0v) is 17.4. The van der Waals surface area contributed by atoms with Crippen LogP contribution in [0.2, 0.25) is 0 Å². The van der Waals surface area contributed by atoms with E-state index in [1.165, 1.54) is 20.1 Å². The molecule has 2 heterocycles. The Hall–Kier alpha value is -3.33. The van der Waals surface area contributed by atoms with Crippen LogP contribution < -0.4 is 0 Å². The highest BCUT2D eigenvalue weighted by Gasteiger charge is 2.41. The summed E-state index contributed by atoms with van der Waals surface area (Å²) in [6.07, 6.45) is 1.42. The Balaban J connectivity index is 1.86. The van der Waals surface area contributed by atoms with E-state index >= 15 is 0 Å². The predicted octanol–water partition coefficient (Wildman–Crippen LogP) is 3.72. The first-order chi connectivity index (χ1) is 14.4. The second-order valence-corrected chi connectivity index (χ2v) is 7.21. The molecule has 1 saturated heterocycles. The van der Waals surface area contributed by atoms with Gasteiger partial charge in [-0.05, 0) is 43.8 Å². The number of hydrogen-bond donors (Lipinski definition) is 0. The van der Waals surface area contributed by atoms with Crippen molar-refractivity contribution in [1.82, 2.24) is 4.90 Å². The van der Waals surface area contributed by atoms with Crippen molar-refractivity contribution in [2.75, 3.05) is 13.7 Å². The Labute approximate surface area is 176 Å². The van der Waals surface area contributed by atoms with Crippen LogP contribution in [0.25, 0.3) is 17.4 Å². The Morgan fingerprint density at radius 1 is 1.20 bits per heavy atom. The second-order valence-electron chi connectivity index (χ2n) is 6.22. The van der Waals surface area contributed by atoms with Crippen LogP contribution in [0.3, 0.4) is 0 Å². The first-order valence-electron chi connectivity index (χ1n) is 9.08. The number of furan rings is 1. The Kier molecular flexibility index (Phi) is 6.41. The van der Waals surface area contributed by atoms with Gasteiger partial charge in [-0.2, -0.15) is 0 Å². The SMILES string of the molecule is CCOC(=O)[C@@H](C)N1C(=O)S/C(=C/c2ccc(-c3ccccc3C(=O)OC)o2)C1=O. The minimum absolute atomic E-state index is 0.123. The molecule has 0 bridgehead atoms. The van der Waals surface area contributed by atoms with Gasteiger partial charge in [-0.1, -0.05) is 18.2 Å². The number of thioether (sulfide) groups is 1. The number of hydrogen-bond acceptors (Lipinski definition) is 8. The van der Waals surface area contributed by atoms with E-state index in [-0.39, 0.29) is 11.5 Å². The van der Waals surface area contributed by atoms with Crippen molar-refractivity contribution in [2.45, 2.75) is 19.9 Å². The van der Waals surface area contributed by atoms with Gasteiger partial charge in [0.05, 0.1) is 24.2 Å². The van der Waals surface area contributed by atoms with Crippen molar-refractivity contribution in [1.29, 1.82) is 0 Å². The van der Waals surface area contributed by atoms with E-state index in [1.54, 1.807) is 43.3 Å². The number of ether oxygens (including phenoxy) is 2. The van der Waals surface area contributed by atoms with Crippen LogP contribution in [0.1, 0.15) is 30.0 Å². The standard InChI is InChI=1S/C21H19NO7S/c1-4-28-19(24)12(2)22-18(23)17(30-21(22)26)11-13-9-10-16(29-13)14-7-5-6-8-15(14)20(25)27-3/h5-12H,4H2,1-3H3/b17-11+/t12-/m1/s1. The summed E-state index contributed by atoms with van der Waals surface area (Å²) < 4.78 is 15.4. The monoisotopic (exact) mass is 429 g/mol. The summed E-state index contributed by atoms with van der Waals surface area (Å²) in [5.74, 6) is -1.03. The second kappa shape index (κ2) is 9.00. The third-order valence-electron chi connectivity index (χ3n) is 4.34. The lowest BCUT2D eigenvalue weighted by Gasteiger charge is -2.19. The van der Waals surface area contributed by atoms with Crippen molar-refractivity contribution in [2.24, 2.45) is 0 Å². The molecule has 0 spiro atoms. The van der Waals surface area contributed by atoms with E-state index in [2.05, 4.69) is 0 Å². The van der Waals surface area contributed by atoms with Crippen molar-refractivity contribution in [3.05, 3.63) is 52.6 Å². The Morgan fingerprint density at radius 3 is 2.63 bits per heavy atom. The Bertz CT molecular complexity index is 1040. The van der Waals surface area contributed by atoms with Gasteiger partial charge in [0.25, 0.3) is 11.1 Å². The normalized spacial score (nSPS) is 16.1. The third-order valence-corrected chi connectivity index (χ3v) is 5.22. The first kappa shape index (κ1) is 21.4. The summed E-state index contributed by atoms with van der Waals surface area (Å²) in [6.45, 7) is 3.23. The lowest BCUT2D eigenvalue weighted by atomic mass is 10.1. The van der Waals surface area contributed by atoms with Crippen molar-refractivity contribution < 1.29 is 33.1 Å². The minimum atomic E-state index is -1.03. The van der Waals surface area contributed by atoms with E-state index < -0.39 is 29.1 Å². The maximum absolute atomic E-state index is 12.6. The largest absolute Gasteiger partial charge is 0.465 e. The number of carbonyl (C=O) groups is 4. The number of amides is 2. The highest BCUT2D eigenvalue weighted by Crippen LogP contribution is 2.35. The molecule has 2 aromatic rings. The molecule has 0 radical (unpaired) electrons. The van der Waals surface area contributed by atoms with E-state index in [0.29, 0.717) is 34.4 Å². The van der Waals surface area contributed by atoms with Crippen LogP contribution in [-0.4, -0.2) is 47.7 Å². The van der Waals surface area contributed by atoms with Crippen molar-refractivity contribution >= 4 is 40.9 Å². The van der Waals surface area contributed by atoms with Crippen LogP contribution in [0, 0.1) is 0 Å². The lowest BCUT2D eigenvalue weighted by Crippen LogP contribution is -2.42. The summed E-state index contributed by atoms with van der Waals surface area (Å²) in [7, 11) is 1.29. The van der Waals surface area contributed by atoms with Gasteiger partial charge in [-0.15, -0.1) is 0 Å². The van der Waals surface area contributed by atoms with Gasteiger partial charge in [-0.25, -0.2) is 9.59 Å². The maximum Gasteiger partial charge on any atom is 0.338 e. The van der Waals surface area contributed by atoms with Crippen molar-refractivity contribution in [3.8, 4) is 11.3 Å². The molecule has 3 rings (SSSR count). The molecule has 9 heteroatoms. The molecule has 8 nitrogen and oxygen atoms in total. The van der Waals surface area contributed by atoms with Gasteiger partial charge in [0.15, 0.2) is 0 Å². The van der Waals surface area contributed by atoms with Crippen LogP contribution in [0.5, 0.6) is 0 Å². The fourth-order valence-corrected chi connectivity index (χ4v) is 3.76. The first-order valence-corrected chi connectivity index (χ1v) is 9.90. The van der Waals surface area contributed by atoms with Crippen LogP contribution in [-0.2, 0) is 19.1 Å². The molecule has 1 atom stereocenters. The fourth-order valence-electron chi connectivity index (χ4n) is 2.87.